The first-order valence-corrected chi connectivity index (χ1v) is 12.4. The number of carbonyl (C=O) groups is 1. The summed E-state index contributed by atoms with van der Waals surface area (Å²) in [6.45, 7) is 4.75. The Kier molecular flexibility index (Phi) is 6.99. The molecular formula is C21H23N3O2S3. The zero-order valence-electron chi connectivity index (χ0n) is 16.2. The van der Waals surface area contributed by atoms with Crippen LogP contribution in [-0.4, -0.2) is 61.4 Å². The summed E-state index contributed by atoms with van der Waals surface area (Å²) in [4.78, 5) is 24.3. The third kappa shape index (κ3) is 5.07. The quantitative estimate of drug-likeness (QED) is 0.397. The van der Waals surface area contributed by atoms with E-state index < -0.39 is 0 Å². The Bertz CT molecular complexity index is 978. The Morgan fingerprint density at radius 3 is 2.93 bits per heavy atom. The maximum Gasteiger partial charge on any atom is 0.252 e. The minimum atomic E-state index is -0.0311. The predicted octanol–water partition coefficient (Wildman–Crippen LogP) is 4.46. The van der Waals surface area contributed by atoms with E-state index in [0.29, 0.717) is 6.54 Å². The molecule has 3 heterocycles. The Balaban J connectivity index is 1.59. The summed E-state index contributed by atoms with van der Waals surface area (Å²) in [5.74, 6) is -0.0311. The lowest BCUT2D eigenvalue weighted by molar-refractivity contribution is -0.114. The van der Waals surface area contributed by atoms with E-state index in [1.165, 1.54) is 0 Å². The molecule has 1 fully saturated rings. The molecule has 3 aromatic rings. The van der Waals surface area contributed by atoms with Crippen LogP contribution in [0.25, 0.3) is 16.3 Å². The molecule has 0 radical (unpaired) electrons. The van der Waals surface area contributed by atoms with Crippen LogP contribution in [0.2, 0.25) is 0 Å². The molecule has 0 aliphatic carbocycles. The van der Waals surface area contributed by atoms with Crippen LogP contribution in [0.3, 0.4) is 0 Å². The lowest BCUT2D eigenvalue weighted by Gasteiger charge is -2.28. The van der Waals surface area contributed by atoms with Crippen LogP contribution in [0.15, 0.2) is 46.7 Å². The number of amides is 1. The summed E-state index contributed by atoms with van der Waals surface area (Å²) in [7, 11) is 0. The van der Waals surface area contributed by atoms with Crippen molar-refractivity contribution in [2.75, 3.05) is 50.5 Å². The van der Waals surface area contributed by atoms with Crippen molar-refractivity contribution in [3.63, 3.8) is 0 Å². The van der Waals surface area contributed by atoms with Crippen molar-refractivity contribution in [1.82, 2.24) is 9.88 Å². The molecule has 1 aliphatic heterocycles. The minimum absolute atomic E-state index is 0.0311. The first kappa shape index (κ1) is 20.6. The zero-order valence-corrected chi connectivity index (χ0v) is 18.7. The second-order valence-corrected chi connectivity index (χ2v) is 9.43. The summed E-state index contributed by atoms with van der Waals surface area (Å²) in [6.07, 6.45) is 5.60. The molecule has 5 nitrogen and oxygen atoms in total. The number of hydrogen-bond donors (Lipinski definition) is 0. The van der Waals surface area contributed by atoms with E-state index in [1.807, 2.05) is 34.6 Å². The number of hydrogen-bond acceptors (Lipinski definition) is 7. The SMILES string of the molecule is CSc1cccc2sc(N(CCN3CCOCC3)C(=O)/C=C/c3cccs3)nc12. The number of para-hydroxylation sites is 1. The van der Waals surface area contributed by atoms with Gasteiger partial charge in [-0.15, -0.1) is 23.1 Å². The number of thiophene rings is 1. The molecule has 2 aromatic heterocycles. The number of aromatic nitrogens is 1. The second kappa shape index (κ2) is 9.86. The summed E-state index contributed by atoms with van der Waals surface area (Å²) in [5.41, 5.74) is 0.978. The van der Waals surface area contributed by atoms with Gasteiger partial charge in [-0.05, 0) is 35.9 Å². The number of morpholine rings is 1. The summed E-state index contributed by atoms with van der Waals surface area (Å²) in [5, 5.41) is 2.77. The molecule has 1 aromatic carbocycles. The number of thiazole rings is 1. The van der Waals surface area contributed by atoms with E-state index in [2.05, 4.69) is 23.3 Å². The highest BCUT2D eigenvalue weighted by molar-refractivity contribution is 7.98. The Morgan fingerprint density at radius 2 is 2.17 bits per heavy atom. The molecule has 0 saturated carbocycles. The molecule has 29 heavy (non-hydrogen) atoms. The number of nitrogens with zero attached hydrogens (tertiary/aromatic N) is 3. The molecule has 8 heteroatoms. The molecule has 0 atom stereocenters. The zero-order chi connectivity index (χ0) is 20.1. The van der Waals surface area contributed by atoms with Crippen molar-refractivity contribution >= 4 is 61.8 Å². The van der Waals surface area contributed by atoms with Gasteiger partial charge in [0.1, 0.15) is 0 Å². The molecule has 1 aliphatic rings. The van der Waals surface area contributed by atoms with Crippen molar-refractivity contribution in [3.8, 4) is 0 Å². The normalized spacial score (nSPS) is 15.3. The van der Waals surface area contributed by atoms with Gasteiger partial charge >= 0.3 is 0 Å². The summed E-state index contributed by atoms with van der Waals surface area (Å²) < 4.78 is 6.55. The van der Waals surface area contributed by atoms with Gasteiger partial charge < -0.3 is 4.74 Å². The van der Waals surface area contributed by atoms with E-state index in [-0.39, 0.29) is 5.91 Å². The third-order valence-electron chi connectivity index (χ3n) is 4.76. The largest absolute Gasteiger partial charge is 0.379 e. The van der Waals surface area contributed by atoms with Gasteiger partial charge in [-0.1, -0.05) is 23.5 Å². The van der Waals surface area contributed by atoms with E-state index in [0.717, 1.165) is 58.0 Å². The number of rotatable bonds is 7. The Labute approximate surface area is 183 Å². The van der Waals surface area contributed by atoms with E-state index in [4.69, 9.17) is 9.72 Å². The summed E-state index contributed by atoms with van der Waals surface area (Å²) >= 11 is 4.88. The van der Waals surface area contributed by atoms with Crippen molar-refractivity contribution in [2.24, 2.45) is 0 Å². The fourth-order valence-corrected chi connectivity index (χ4v) is 5.46. The average molecular weight is 446 g/mol. The Morgan fingerprint density at radius 1 is 1.31 bits per heavy atom. The van der Waals surface area contributed by atoms with Crippen LogP contribution in [0.1, 0.15) is 4.88 Å². The number of fused-ring (bicyclic) bond motifs is 1. The smallest absolute Gasteiger partial charge is 0.252 e. The molecule has 4 rings (SSSR count). The highest BCUT2D eigenvalue weighted by Gasteiger charge is 2.20. The van der Waals surface area contributed by atoms with E-state index in [1.54, 1.807) is 40.5 Å². The second-order valence-electron chi connectivity index (χ2n) is 6.60. The van der Waals surface area contributed by atoms with Crippen molar-refractivity contribution < 1.29 is 9.53 Å². The number of carbonyl (C=O) groups excluding carboxylic acids is 1. The highest BCUT2D eigenvalue weighted by Crippen LogP contribution is 2.34. The van der Waals surface area contributed by atoms with Crippen molar-refractivity contribution in [1.29, 1.82) is 0 Å². The van der Waals surface area contributed by atoms with Crippen LogP contribution < -0.4 is 4.90 Å². The van der Waals surface area contributed by atoms with E-state index >= 15 is 0 Å². The van der Waals surface area contributed by atoms with Gasteiger partial charge in [0.05, 0.1) is 23.4 Å². The molecule has 1 amide bonds. The van der Waals surface area contributed by atoms with Crippen LogP contribution in [0, 0.1) is 0 Å². The first-order chi connectivity index (χ1) is 14.2. The van der Waals surface area contributed by atoms with Gasteiger partial charge in [-0.25, -0.2) is 4.98 Å². The van der Waals surface area contributed by atoms with Gasteiger partial charge in [0, 0.05) is 42.0 Å². The monoisotopic (exact) mass is 445 g/mol. The maximum atomic E-state index is 13.1. The van der Waals surface area contributed by atoms with Gasteiger partial charge in [0.15, 0.2) is 5.13 Å². The number of ether oxygens (including phenoxy) is 1. The number of benzene rings is 1. The maximum absolute atomic E-state index is 13.1. The standard InChI is InChI=1S/C21H23N3O2S3/c1-27-17-5-2-6-18-20(17)22-21(29-18)24(10-9-23-11-13-26-14-12-23)19(25)8-7-16-4-3-15-28-16/h2-8,15H,9-14H2,1H3/b8-7+. The van der Waals surface area contributed by atoms with Crippen LogP contribution in [0.5, 0.6) is 0 Å². The third-order valence-corrected chi connectivity index (χ3v) is 7.41. The summed E-state index contributed by atoms with van der Waals surface area (Å²) in [6, 6.07) is 10.2. The van der Waals surface area contributed by atoms with Crippen molar-refractivity contribution in [3.05, 3.63) is 46.7 Å². The van der Waals surface area contributed by atoms with Gasteiger partial charge in [-0.2, -0.15) is 0 Å². The lowest BCUT2D eigenvalue weighted by atomic mass is 10.3. The van der Waals surface area contributed by atoms with Gasteiger partial charge in [0.25, 0.3) is 5.91 Å². The fourth-order valence-electron chi connectivity index (χ4n) is 3.19. The predicted molar refractivity (Wildman–Crippen MR) is 124 cm³/mol. The number of anilines is 1. The van der Waals surface area contributed by atoms with Crippen LogP contribution in [-0.2, 0) is 9.53 Å². The minimum Gasteiger partial charge on any atom is -0.379 e. The fraction of sp³-hybridized carbons (Fsp3) is 0.333. The van der Waals surface area contributed by atoms with Gasteiger partial charge in [0.2, 0.25) is 0 Å². The van der Waals surface area contributed by atoms with Crippen LogP contribution in [0.4, 0.5) is 5.13 Å². The van der Waals surface area contributed by atoms with E-state index in [9.17, 15) is 4.79 Å². The molecule has 0 spiro atoms. The van der Waals surface area contributed by atoms with Gasteiger partial charge in [-0.3, -0.25) is 14.6 Å². The molecule has 1 saturated heterocycles. The molecule has 152 valence electrons. The van der Waals surface area contributed by atoms with Crippen LogP contribution >= 0.6 is 34.4 Å². The molecule has 0 N–H and O–H groups in total. The number of thioether (sulfide) groups is 1. The molecule has 0 unspecified atom stereocenters. The topological polar surface area (TPSA) is 45.7 Å². The van der Waals surface area contributed by atoms with Crippen molar-refractivity contribution in [2.45, 2.75) is 4.90 Å². The average Bonchev–Trinajstić information content (AvgIpc) is 3.42. The Hall–Kier alpha value is -1.71. The first-order valence-electron chi connectivity index (χ1n) is 9.51. The molecule has 0 bridgehead atoms. The highest BCUT2D eigenvalue weighted by atomic mass is 32.2. The lowest BCUT2D eigenvalue weighted by Crippen LogP contribution is -2.42. The molecular weight excluding hydrogens is 422 g/mol.